The van der Waals surface area contributed by atoms with E-state index >= 15 is 0 Å². The monoisotopic (exact) mass is 337 g/mol. The fourth-order valence-electron chi connectivity index (χ4n) is 1.56. The summed E-state index contributed by atoms with van der Waals surface area (Å²) in [6, 6.07) is 0. The summed E-state index contributed by atoms with van der Waals surface area (Å²) in [5.41, 5.74) is 5.65. The van der Waals surface area contributed by atoms with Gasteiger partial charge in [-0.3, -0.25) is 4.99 Å². The van der Waals surface area contributed by atoms with Gasteiger partial charge in [0.25, 0.3) is 0 Å². The molecule has 2 atom stereocenters. The Morgan fingerprint density at radius 1 is 1.56 bits per heavy atom. The molecule has 0 aromatic carbocycles. The lowest BCUT2D eigenvalue weighted by Gasteiger charge is -2.12. The van der Waals surface area contributed by atoms with Crippen molar-refractivity contribution in [2.24, 2.45) is 16.6 Å². The highest BCUT2D eigenvalue weighted by molar-refractivity contribution is 14.0. The average molecular weight is 337 g/mol. The third kappa shape index (κ3) is 4.98. The Bertz CT molecular complexity index is 256. The molecule has 0 saturated carbocycles. The van der Waals surface area contributed by atoms with Gasteiger partial charge in [-0.15, -0.1) is 37.1 Å². The van der Waals surface area contributed by atoms with Gasteiger partial charge < -0.3 is 15.8 Å². The van der Waals surface area contributed by atoms with E-state index in [9.17, 15) is 0 Å². The molecule has 0 aromatic heterocycles. The molecule has 0 unspecified atom stereocenters. The van der Waals surface area contributed by atoms with Crippen LogP contribution in [0.25, 0.3) is 0 Å². The predicted molar refractivity (Wildman–Crippen MR) is 78.1 cm³/mol. The van der Waals surface area contributed by atoms with Gasteiger partial charge >= 0.3 is 0 Å². The lowest BCUT2D eigenvalue weighted by molar-refractivity contribution is 0.129. The van der Waals surface area contributed by atoms with Crippen LogP contribution in [0.4, 0.5) is 0 Å². The molecule has 5 heteroatoms. The van der Waals surface area contributed by atoms with Gasteiger partial charge in [0.15, 0.2) is 5.96 Å². The van der Waals surface area contributed by atoms with Crippen molar-refractivity contribution in [1.82, 2.24) is 5.32 Å². The van der Waals surface area contributed by atoms with Gasteiger partial charge in [-0.1, -0.05) is 12.2 Å². The second-order valence-corrected chi connectivity index (χ2v) is 3.52. The summed E-state index contributed by atoms with van der Waals surface area (Å²) >= 11 is 0. The van der Waals surface area contributed by atoms with Crippen molar-refractivity contribution in [3.8, 4) is 0 Å². The van der Waals surface area contributed by atoms with Crippen LogP contribution in [0.3, 0.4) is 0 Å². The minimum atomic E-state index is 0. The van der Waals surface area contributed by atoms with Crippen molar-refractivity contribution in [1.29, 1.82) is 0 Å². The second-order valence-electron chi connectivity index (χ2n) is 3.52. The fourth-order valence-corrected chi connectivity index (χ4v) is 1.56. The second kappa shape index (κ2) is 8.58. The minimum Gasteiger partial charge on any atom is -0.374 e. The van der Waals surface area contributed by atoms with E-state index in [0.717, 1.165) is 13.0 Å². The van der Waals surface area contributed by atoms with Crippen LogP contribution >= 0.6 is 24.0 Å². The van der Waals surface area contributed by atoms with Crippen LogP contribution in [-0.2, 0) is 4.74 Å². The molecule has 3 N–H and O–H groups in total. The van der Waals surface area contributed by atoms with Crippen LogP contribution < -0.4 is 11.1 Å². The lowest BCUT2D eigenvalue weighted by atomic mass is 10.0. The number of ether oxygens (including phenoxy) is 1. The van der Waals surface area contributed by atoms with Gasteiger partial charge in [-0.25, -0.2) is 0 Å². The number of guanidine groups is 1. The molecule has 0 spiro atoms. The maximum Gasteiger partial charge on any atom is 0.188 e. The first-order valence-electron chi connectivity index (χ1n) is 5.16. The highest BCUT2D eigenvalue weighted by atomic mass is 127. The first-order valence-corrected chi connectivity index (χ1v) is 5.16. The van der Waals surface area contributed by atoms with Gasteiger partial charge in [0, 0.05) is 25.6 Å². The number of hydrogen-bond donors (Lipinski definition) is 2. The van der Waals surface area contributed by atoms with Crippen LogP contribution in [0.5, 0.6) is 0 Å². The Morgan fingerprint density at radius 2 is 2.31 bits per heavy atom. The van der Waals surface area contributed by atoms with E-state index in [4.69, 9.17) is 10.5 Å². The summed E-state index contributed by atoms with van der Waals surface area (Å²) in [7, 11) is 0. The summed E-state index contributed by atoms with van der Waals surface area (Å²) in [4.78, 5) is 4.25. The van der Waals surface area contributed by atoms with Gasteiger partial charge in [-0.2, -0.15) is 0 Å². The van der Waals surface area contributed by atoms with Crippen molar-refractivity contribution in [2.45, 2.75) is 12.5 Å². The molecule has 16 heavy (non-hydrogen) atoms. The summed E-state index contributed by atoms with van der Waals surface area (Å²) in [6.45, 7) is 9.44. The van der Waals surface area contributed by atoms with E-state index in [0.29, 0.717) is 25.0 Å². The first kappa shape index (κ1) is 15.4. The number of aliphatic imine (C=N–C) groups is 1. The zero-order valence-corrected chi connectivity index (χ0v) is 11.7. The lowest BCUT2D eigenvalue weighted by Crippen LogP contribution is -2.32. The van der Waals surface area contributed by atoms with Crippen LogP contribution in [-0.4, -0.2) is 31.8 Å². The standard InChI is InChI=1S/C11H19N3O.HI/c1-3-6-13-11(12)14-8-9-5-7-15-10(9)4-2;/h3-4,9-10H,1-2,5-8H2,(H3,12,13,14);1H/t9-,10-;/m0./s1. The fraction of sp³-hybridized carbons (Fsp3) is 0.545. The molecule has 1 aliphatic heterocycles. The number of rotatable bonds is 5. The van der Waals surface area contributed by atoms with Crippen LogP contribution in [0.2, 0.25) is 0 Å². The Kier molecular flexibility index (Phi) is 8.28. The summed E-state index contributed by atoms with van der Waals surface area (Å²) in [6.07, 6.45) is 4.73. The Balaban J connectivity index is 0.00000225. The van der Waals surface area contributed by atoms with Gasteiger partial charge in [0.05, 0.1) is 6.10 Å². The van der Waals surface area contributed by atoms with E-state index in [2.05, 4.69) is 23.5 Å². The first-order chi connectivity index (χ1) is 7.27. The van der Waals surface area contributed by atoms with E-state index in [1.165, 1.54) is 0 Å². The molecular weight excluding hydrogens is 317 g/mol. The number of hydrogen-bond acceptors (Lipinski definition) is 2. The molecule has 1 fully saturated rings. The molecule has 1 heterocycles. The van der Waals surface area contributed by atoms with Gasteiger partial charge in [-0.05, 0) is 6.42 Å². The van der Waals surface area contributed by atoms with Crippen molar-refractivity contribution >= 4 is 29.9 Å². The maximum atomic E-state index is 5.65. The predicted octanol–water partition coefficient (Wildman–Crippen LogP) is 1.29. The summed E-state index contributed by atoms with van der Waals surface area (Å²) in [5.74, 6) is 0.871. The molecule has 1 rings (SSSR count). The highest BCUT2D eigenvalue weighted by Crippen LogP contribution is 2.21. The van der Waals surface area contributed by atoms with Crippen molar-refractivity contribution in [2.75, 3.05) is 19.7 Å². The molecule has 0 aliphatic carbocycles. The number of halogens is 1. The Labute approximate surface area is 114 Å². The van der Waals surface area contributed by atoms with Gasteiger partial charge in [0.2, 0.25) is 0 Å². The molecular formula is C11H20IN3O. The van der Waals surface area contributed by atoms with E-state index in [1.54, 1.807) is 6.08 Å². The summed E-state index contributed by atoms with van der Waals surface area (Å²) in [5, 5.41) is 2.93. The topological polar surface area (TPSA) is 59.6 Å². The van der Waals surface area contributed by atoms with Gasteiger partial charge in [0.1, 0.15) is 0 Å². The van der Waals surface area contributed by atoms with E-state index in [-0.39, 0.29) is 30.1 Å². The number of nitrogens with one attached hydrogen (secondary N) is 1. The van der Waals surface area contributed by atoms with Crippen molar-refractivity contribution in [3.05, 3.63) is 25.3 Å². The number of nitrogens with two attached hydrogens (primary N) is 1. The van der Waals surface area contributed by atoms with E-state index < -0.39 is 0 Å². The Morgan fingerprint density at radius 3 is 2.94 bits per heavy atom. The molecule has 0 bridgehead atoms. The Hall–Kier alpha value is -0.560. The highest BCUT2D eigenvalue weighted by Gasteiger charge is 2.25. The van der Waals surface area contributed by atoms with Crippen LogP contribution in [0, 0.1) is 5.92 Å². The normalized spacial score (nSPS) is 24.6. The zero-order chi connectivity index (χ0) is 11.1. The molecule has 0 radical (unpaired) electrons. The number of nitrogens with zero attached hydrogens (tertiary/aromatic N) is 1. The van der Waals surface area contributed by atoms with Crippen molar-refractivity contribution < 1.29 is 4.74 Å². The third-order valence-electron chi connectivity index (χ3n) is 2.42. The molecule has 92 valence electrons. The maximum absolute atomic E-state index is 5.65. The van der Waals surface area contributed by atoms with Crippen LogP contribution in [0.1, 0.15) is 6.42 Å². The third-order valence-corrected chi connectivity index (χ3v) is 2.42. The van der Waals surface area contributed by atoms with Crippen LogP contribution in [0.15, 0.2) is 30.3 Å². The SMILES string of the molecule is C=CCNC(N)=NC[C@@H]1CCO[C@H]1C=C.I. The molecule has 1 aliphatic rings. The molecule has 0 aromatic rings. The smallest absolute Gasteiger partial charge is 0.188 e. The summed E-state index contributed by atoms with van der Waals surface area (Å²) < 4.78 is 5.46. The quantitative estimate of drug-likeness (QED) is 0.344. The zero-order valence-electron chi connectivity index (χ0n) is 9.39. The largest absolute Gasteiger partial charge is 0.374 e. The minimum absolute atomic E-state index is 0. The molecule has 1 saturated heterocycles. The molecule has 4 nitrogen and oxygen atoms in total. The van der Waals surface area contributed by atoms with Crippen molar-refractivity contribution in [3.63, 3.8) is 0 Å². The van der Waals surface area contributed by atoms with E-state index in [1.807, 2.05) is 6.08 Å². The molecule has 0 amide bonds. The average Bonchev–Trinajstić information content (AvgIpc) is 2.70.